The fourth-order valence-electron chi connectivity index (χ4n) is 4.35. The molecule has 42 heavy (non-hydrogen) atoms. The fraction of sp³-hybridized carbons (Fsp3) is 0.0333. The van der Waals surface area contributed by atoms with Gasteiger partial charge < -0.3 is 9.15 Å². The van der Waals surface area contributed by atoms with Crippen molar-refractivity contribution in [3.8, 4) is 17.3 Å². The molecule has 9 nitrogen and oxygen atoms in total. The summed E-state index contributed by atoms with van der Waals surface area (Å²) in [7, 11) is 0. The second kappa shape index (κ2) is 11.6. The van der Waals surface area contributed by atoms with Gasteiger partial charge in [0.2, 0.25) is 11.6 Å². The van der Waals surface area contributed by atoms with Crippen LogP contribution >= 0.6 is 47.8 Å². The summed E-state index contributed by atoms with van der Waals surface area (Å²) in [5, 5.41) is 17.6. The lowest BCUT2D eigenvalue weighted by molar-refractivity contribution is -0.386. The summed E-state index contributed by atoms with van der Waals surface area (Å²) in [6.45, 7) is 0.0970. The van der Waals surface area contributed by atoms with Gasteiger partial charge in [0.05, 0.1) is 26.5 Å². The van der Waals surface area contributed by atoms with E-state index in [1.165, 1.54) is 12.3 Å². The molecule has 12 heteroatoms. The predicted molar refractivity (Wildman–Crippen MR) is 171 cm³/mol. The number of hydrogen-bond donors (Lipinski definition) is 0. The highest BCUT2D eigenvalue weighted by atomic mass is 79.9. The molecule has 0 atom stereocenters. The Morgan fingerprint density at radius 2 is 1.76 bits per heavy atom. The van der Waals surface area contributed by atoms with Crippen molar-refractivity contribution in [3.63, 3.8) is 0 Å². The summed E-state index contributed by atoms with van der Waals surface area (Å²) >= 11 is 10.3. The zero-order chi connectivity index (χ0) is 29.4. The Kier molecular flexibility index (Phi) is 7.76. The van der Waals surface area contributed by atoms with Crippen molar-refractivity contribution in [2.24, 2.45) is 5.10 Å². The lowest BCUT2D eigenvalue weighted by Crippen LogP contribution is -2.20. The van der Waals surface area contributed by atoms with Crippen LogP contribution in [0.1, 0.15) is 11.1 Å². The van der Waals surface area contributed by atoms with Crippen molar-refractivity contribution in [3.05, 3.63) is 130 Å². The van der Waals surface area contributed by atoms with Gasteiger partial charge in [0, 0.05) is 31.5 Å². The molecular formula is C30H17Br3N4O5. The zero-order valence-corrected chi connectivity index (χ0v) is 26.1. The molecule has 0 spiro atoms. The van der Waals surface area contributed by atoms with E-state index in [2.05, 4.69) is 57.9 Å². The standard InChI is InChI=1S/C30H17Br3N4O5/c31-20-10-9-19(22(32)14-20)16-41-28-23(33)11-17(12-25(28)37(39)40)15-34-36-29(27-13-18-5-1-4-8-26(18)42-27)35-24-7-3-2-6-21(24)30(36)38/h1-15H,16H2. The van der Waals surface area contributed by atoms with Crippen LogP contribution in [0.3, 0.4) is 0 Å². The molecule has 0 saturated carbocycles. The van der Waals surface area contributed by atoms with E-state index in [-0.39, 0.29) is 23.9 Å². The molecule has 0 aliphatic carbocycles. The summed E-state index contributed by atoms with van der Waals surface area (Å²) in [5.41, 5.74) is 1.62. The lowest BCUT2D eigenvalue weighted by atomic mass is 10.2. The van der Waals surface area contributed by atoms with Crippen LogP contribution in [0.25, 0.3) is 33.5 Å². The molecule has 0 radical (unpaired) electrons. The number of para-hydroxylation sites is 2. The number of nitrogens with zero attached hydrogens (tertiary/aromatic N) is 4. The minimum absolute atomic E-state index is 0.0690. The monoisotopic (exact) mass is 750 g/mol. The summed E-state index contributed by atoms with van der Waals surface area (Å²) in [5.74, 6) is 0.616. The first-order valence-corrected chi connectivity index (χ1v) is 14.8. The average molecular weight is 753 g/mol. The highest BCUT2D eigenvalue weighted by Crippen LogP contribution is 2.37. The summed E-state index contributed by atoms with van der Waals surface area (Å²) in [4.78, 5) is 29.7. The number of aromatic nitrogens is 2. The number of rotatable bonds is 7. The van der Waals surface area contributed by atoms with Crippen LogP contribution < -0.4 is 10.3 Å². The van der Waals surface area contributed by atoms with Crippen molar-refractivity contribution in [2.45, 2.75) is 6.61 Å². The molecule has 6 aromatic rings. The van der Waals surface area contributed by atoms with E-state index in [1.807, 2.05) is 42.5 Å². The summed E-state index contributed by atoms with van der Waals surface area (Å²) in [6, 6.07) is 24.7. The van der Waals surface area contributed by atoms with E-state index >= 15 is 0 Å². The topological polar surface area (TPSA) is 113 Å². The van der Waals surface area contributed by atoms with Crippen LogP contribution in [-0.4, -0.2) is 20.8 Å². The van der Waals surface area contributed by atoms with Gasteiger partial charge in [-0.3, -0.25) is 14.9 Å². The van der Waals surface area contributed by atoms with Gasteiger partial charge in [0.15, 0.2) is 5.76 Å². The van der Waals surface area contributed by atoms with Crippen LogP contribution in [0, 0.1) is 10.1 Å². The molecule has 0 amide bonds. The van der Waals surface area contributed by atoms with E-state index in [4.69, 9.17) is 9.15 Å². The summed E-state index contributed by atoms with van der Waals surface area (Å²) in [6.07, 6.45) is 1.36. The number of ether oxygens (including phenoxy) is 1. The number of nitro benzene ring substituents is 1. The third-order valence-corrected chi connectivity index (χ3v) is 8.17. The van der Waals surface area contributed by atoms with Crippen molar-refractivity contribution >= 4 is 81.6 Å². The SMILES string of the molecule is O=c1c2ccccc2nc(-c2cc3ccccc3o2)n1N=Cc1cc(Br)c(OCc2ccc(Br)cc2Br)c([N+](=O)[O-])c1. The summed E-state index contributed by atoms with van der Waals surface area (Å²) < 4.78 is 15.0. The number of fused-ring (bicyclic) bond motifs is 2. The molecular weight excluding hydrogens is 736 g/mol. The van der Waals surface area contributed by atoms with Crippen molar-refractivity contribution in [2.75, 3.05) is 0 Å². The van der Waals surface area contributed by atoms with Gasteiger partial charge in [0.1, 0.15) is 12.2 Å². The Hall–Kier alpha value is -4.13. The molecule has 2 aromatic heterocycles. The smallest absolute Gasteiger partial charge is 0.312 e. The Morgan fingerprint density at radius 3 is 2.55 bits per heavy atom. The largest absolute Gasteiger partial charge is 0.481 e. The molecule has 0 saturated heterocycles. The van der Waals surface area contributed by atoms with E-state index in [1.54, 1.807) is 36.4 Å². The Balaban J connectivity index is 1.41. The molecule has 0 aliphatic heterocycles. The zero-order valence-electron chi connectivity index (χ0n) is 21.3. The first-order valence-electron chi connectivity index (χ1n) is 12.4. The van der Waals surface area contributed by atoms with Gasteiger partial charge in [0.25, 0.3) is 5.56 Å². The van der Waals surface area contributed by atoms with Crippen molar-refractivity contribution in [1.29, 1.82) is 0 Å². The Bertz CT molecular complexity index is 2070. The maximum absolute atomic E-state index is 13.5. The molecule has 0 fully saturated rings. The van der Waals surface area contributed by atoms with Crippen LogP contribution in [-0.2, 0) is 6.61 Å². The average Bonchev–Trinajstić information content (AvgIpc) is 3.41. The number of hydrogen-bond acceptors (Lipinski definition) is 7. The van der Waals surface area contributed by atoms with Crippen LogP contribution in [0.2, 0.25) is 0 Å². The highest BCUT2D eigenvalue weighted by molar-refractivity contribution is 9.11. The first kappa shape index (κ1) is 28.0. The van der Waals surface area contributed by atoms with E-state index in [0.29, 0.717) is 32.3 Å². The molecule has 0 unspecified atom stereocenters. The number of benzene rings is 4. The van der Waals surface area contributed by atoms with Gasteiger partial charge in [-0.15, -0.1) is 0 Å². The van der Waals surface area contributed by atoms with E-state index < -0.39 is 10.5 Å². The first-order chi connectivity index (χ1) is 20.3. The van der Waals surface area contributed by atoms with Gasteiger partial charge in [-0.1, -0.05) is 68.3 Å². The minimum atomic E-state index is -0.530. The number of furan rings is 1. The lowest BCUT2D eigenvalue weighted by Gasteiger charge is -2.11. The molecule has 0 bridgehead atoms. The van der Waals surface area contributed by atoms with E-state index in [0.717, 1.165) is 24.6 Å². The fourth-order valence-corrected chi connectivity index (χ4v) is 6.09. The minimum Gasteiger partial charge on any atom is -0.481 e. The molecule has 0 N–H and O–H groups in total. The van der Waals surface area contributed by atoms with Gasteiger partial charge in [-0.2, -0.15) is 9.78 Å². The molecule has 6 rings (SSSR count). The maximum atomic E-state index is 13.5. The third-order valence-electron chi connectivity index (χ3n) is 6.35. The third kappa shape index (κ3) is 5.52. The van der Waals surface area contributed by atoms with Crippen LogP contribution in [0.15, 0.2) is 113 Å². The molecule has 0 aliphatic rings. The number of halogens is 3. The van der Waals surface area contributed by atoms with Gasteiger partial charge >= 0.3 is 5.69 Å². The van der Waals surface area contributed by atoms with Crippen molar-refractivity contribution < 1.29 is 14.1 Å². The van der Waals surface area contributed by atoms with Crippen molar-refractivity contribution in [1.82, 2.24) is 9.66 Å². The van der Waals surface area contributed by atoms with Gasteiger partial charge in [-0.05, 0) is 58.4 Å². The van der Waals surface area contributed by atoms with E-state index in [9.17, 15) is 14.9 Å². The second-order valence-corrected chi connectivity index (χ2v) is 11.7. The maximum Gasteiger partial charge on any atom is 0.312 e. The predicted octanol–water partition coefficient (Wildman–Crippen LogP) is 8.47. The Labute approximate surface area is 263 Å². The van der Waals surface area contributed by atoms with Gasteiger partial charge in [-0.25, -0.2) is 4.98 Å². The second-order valence-electron chi connectivity index (χ2n) is 9.10. The van der Waals surface area contributed by atoms with Crippen LogP contribution in [0.5, 0.6) is 5.75 Å². The normalized spacial score (nSPS) is 11.5. The quantitative estimate of drug-likeness (QED) is 0.0919. The molecule has 4 aromatic carbocycles. The van der Waals surface area contributed by atoms with Crippen LogP contribution in [0.4, 0.5) is 5.69 Å². The molecule has 208 valence electrons. The molecule has 2 heterocycles. The highest BCUT2D eigenvalue weighted by Gasteiger charge is 2.21. The Morgan fingerprint density at radius 1 is 0.976 bits per heavy atom. The number of nitro groups is 1.